The van der Waals surface area contributed by atoms with E-state index in [2.05, 4.69) is 20.1 Å². The number of likely N-dealkylation sites (tertiary alicyclic amines) is 1. The molecule has 2 N–H and O–H groups in total. The van der Waals surface area contributed by atoms with Crippen LogP contribution in [-0.4, -0.2) is 89.2 Å². The second kappa shape index (κ2) is 13.3. The third-order valence-electron chi connectivity index (χ3n) is 8.02. The quantitative estimate of drug-likeness (QED) is 0.324. The highest BCUT2D eigenvalue weighted by Gasteiger charge is 2.39. The Labute approximate surface area is 259 Å². The van der Waals surface area contributed by atoms with Crippen LogP contribution in [0.2, 0.25) is 5.02 Å². The molecule has 44 heavy (non-hydrogen) atoms. The van der Waals surface area contributed by atoms with Crippen LogP contribution in [0.25, 0.3) is 11.3 Å². The summed E-state index contributed by atoms with van der Waals surface area (Å²) in [5.74, 6) is -0.264. The molecule has 0 aliphatic carbocycles. The number of likely N-dealkylation sites (N-methyl/N-ethyl adjacent to an activating group) is 1. The summed E-state index contributed by atoms with van der Waals surface area (Å²) in [7, 11) is 2.00. The summed E-state index contributed by atoms with van der Waals surface area (Å²) < 4.78 is 47.1. The molecule has 2 fully saturated rings. The first-order chi connectivity index (χ1) is 21.0. The molecule has 236 valence electrons. The summed E-state index contributed by atoms with van der Waals surface area (Å²) >= 11 is 5.84. The Kier molecular flexibility index (Phi) is 9.64. The summed E-state index contributed by atoms with van der Waals surface area (Å²) in [6, 6.07) is 10.4. The number of hydrogen-bond donors (Lipinski definition) is 2. The molecule has 4 heterocycles. The second-order valence-electron chi connectivity index (χ2n) is 11.1. The van der Waals surface area contributed by atoms with E-state index in [-0.39, 0.29) is 30.2 Å². The molecule has 1 unspecified atom stereocenters. The number of carbonyl (C=O) groups is 1. The standard InChI is InChI=1S/C31H36ClF3N6O3/c1-4-21-18-40(30(43)22-9-8-19(32)15-24(22)31(33,34)35)13-14-41(21)26-11-10-25(23-7-6-12-36-29(23)44-5-2)38-27(26)28(42)37-20-16-39(3)17-20/h6-12,15,20-21,28,37,42H,4-5,13-14,16-18H2,1-3H3/t21-,28?/m1/s1. The van der Waals surface area contributed by atoms with Gasteiger partial charge in [0, 0.05) is 56.0 Å². The zero-order valence-corrected chi connectivity index (χ0v) is 25.6. The van der Waals surface area contributed by atoms with E-state index >= 15 is 0 Å². The van der Waals surface area contributed by atoms with Gasteiger partial charge in [-0.2, -0.15) is 13.2 Å². The molecule has 0 radical (unpaired) electrons. The first-order valence-corrected chi connectivity index (χ1v) is 15.0. The Morgan fingerprint density at radius 1 is 1.16 bits per heavy atom. The Morgan fingerprint density at radius 2 is 1.93 bits per heavy atom. The number of halogens is 4. The fourth-order valence-electron chi connectivity index (χ4n) is 5.82. The number of amides is 1. The van der Waals surface area contributed by atoms with Crippen LogP contribution in [0, 0.1) is 0 Å². The Bertz CT molecular complexity index is 1490. The van der Waals surface area contributed by atoms with Crippen LogP contribution >= 0.6 is 11.6 Å². The minimum Gasteiger partial charge on any atom is -0.477 e. The SMILES string of the molecule is CCOc1ncccc1-c1ccc(N2CCN(C(=O)c3ccc(Cl)cc3C(F)(F)F)C[C@H]2CC)c(C(O)NC2CN(C)C2)n1. The number of alkyl halides is 3. The van der Waals surface area contributed by atoms with Gasteiger partial charge in [0.1, 0.15) is 5.69 Å². The topological polar surface area (TPSA) is 94.1 Å². The number of aromatic nitrogens is 2. The maximum Gasteiger partial charge on any atom is 0.417 e. The van der Waals surface area contributed by atoms with Crippen LogP contribution in [0.3, 0.4) is 0 Å². The van der Waals surface area contributed by atoms with E-state index in [0.29, 0.717) is 48.1 Å². The van der Waals surface area contributed by atoms with Gasteiger partial charge in [-0.1, -0.05) is 18.5 Å². The molecule has 0 spiro atoms. The Balaban J connectivity index is 1.45. The van der Waals surface area contributed by atoms with E-state index in [1.165, 1.54) is 11.0 Å². The zero-order chi connectivity index (χ0) is 31.6. The smallest absolute Gasteiger partial charge is 0.417 e. The molecule has 3 aromatic rings. The van der Waals surface area contributed by atoms with E-state index in [1.807, 2.05) is 39.1 Å². The number of rotatable bonds is 9. The number of ether oxygens (including phenoxy) is 1. The van der Waals surface area contributed by atoms with Crippen molar-refractivity contribution in [2.24, 2.45) is 0 Å². The fourth-order valence-corrected chi connectivity index (χ4v) is 5.99. The van der Waals surface area contributed by atoms with Gasteiger partial charge in [0.05, 0.1) is 34.7 Å². The number of hydrogen-bond acceptors (Lipinski definition) is 8. The van der Waals surface area contributed by atoms with Crippen molar-refractivity contribution in [1.82, 2.24) is 25.1 Å². The van der Waals surface area contributed by atoms with Crippen molar-refractivity contribution < 1.29 is 27.8 Å². The predicted octanol–water partition coefficient (Wildman–Crippen LogP) is 4.85. The van der Waals surface area contributed by atoms with E-state index < -0.39 is 29.4 Å². The molecule has 1 amide bonds. The molecule has 2 aliphatic heterocycles. The average molecular weight is 633 g/mol. The van der Waals surface area contributed by atoms with Crippen molar-refractivity contribution in [2.75, 3.05) is 51.3 Å². The summed E-state index contributed by atoms with van der Waals surface area (Å²) in [6.07, 6.45) is -3.57. The molecule has 2 aromatic heterocycles. The van der Waals surface area contributed by atoms with Crippen LogP contribution < -0.4 is 15.0 Å². The van der Waals surface area contributed by atoms with E-state index in [0.717, 1.165) is 25.2 Å². The molecule has 2 atom stereocenters. The number of pyridine rings is 2. The van der Waals surface area contributed by atoms with Crippen molar-refractivity contribution in [3.05, 3.63) is 70.5 Å². The maximum absolute atomic E-state index is 13.8. The van der Waals surface area contributed by atoms with Crippen molar-refractivity contribution in [3.8, 4) is 17.1 Å². The Hall–Kier alpha value is -3.45. The highest BCUT2D eigenvalue weighted by atomic mass is 35.5. The molecule has 0 saturated carbocycles. The first-order valence-electron chi connectivity index (χ1n) is 14.6. The minimum atomic E-state index is -4.72. The molecule has 5 rings (SSSR count). The zero-order valence-electron chi connectivity index (χ0n) is 24.8. The number of nitrogens with one attached hydrogen (secondary N) is 1. The van der Waals surface area contributed by atoms with Crippen LogP contribution in [0.1, 0.15) is 48.1 Å². The number of aliphatic hydroxyl groups excluding tert-OH is 1. The van der Waals surface area contributed by atoms with E-state index in [1.54, 1.807) is 12.3 Å². The van der Waals surface area contributed by atoms with Gasteiger partial charge in [-0.15, -0.1) is 0 Å². The van der Waals surface area contributed by atoms with Gasteiger partial charge in [-0.05, 0) is 62.9 Å². The third-order valence-corrected chi connectivity index (χ3v) is 8.25. The lowest BCUT2D eigenvalue weighted by Crippen LogP contribution is -2.57. The van der Waals surface area contributed by atoms with Crippen molar-refractivity contribution in [3.63, 3.8) is 0 Å². The van der Waals surface area contributed by atoms with Crippen molar-refractivity contribution in [2.45, 2.75) is 44.8 Å². The lowest BCUT2D eigenvalue weighted by molar-refractivity contribution is -0.138. The van der Waals surface area contributed by atoms with E-state index in [4.69, 9.17) is 21.3 Å². The van der Waals surface area contributed by atoms with Gasteiger partial charge in [0.2, 0.25) is 5.88 Å². The lowest BCUT2D eigenvalue weighted by atomic mass is 10.0. The van der Waals surface area contributed by atoms with Gasteiger partial charge in [-0.25, -0.2) is 9.97 Å². The second-order valence-corrected chi connectivity index (χ2v) is 11.5. The molecule has 2 aliphatic rings. The number of carbonyl (C=O) groups excluding carboxylic acids is 1. The Morgan fingerprint density at radius 3 is 2.61 bits per heavy atom. The van der Waals surface area contributed by atoms with Gasteiger partial charge in [0.15, 0.2) is 6.23 Å². The molecular formula is C31H36ClF3N6O3. The molecule has 2 saturated heterocycles. The van der Waals surface area contributed by atoms with Crippen molar-refractivity contribution in [1.29, 1.82) is 0 Å². The molecule has 1 aromatic carbocycles. The van der Waals surface area contributed by atoms with Gasteiger partial charge < -0.3 is 24.5 Å². The molecule has 13 heteroatoms. The fraction of sp³-hybridized carbons (Fsp3) is 0.452. The predicted molar refractivity (Wildman–Crippen MR) is 162 cm³/mol. The summed E-state index contributed by atoms with van der Waals surface area (Å²) in [6.45, 7) is 6.54. The first kappa shape index (κ1) is 32.0. The van der Waals surface area contributed by atoms with E-state index in [9.17, 15) is 23.1 Å². The summed E-state index contributed by atoms with van der Waals surface area (Å²) in [4.78, 5) is 28.3. The van der Waals surface area contributed by atoms with Crippen LogP contribution in [0.15, 0.2) is 48.7 Å². The maximum atomic E-state index is 13.8. The highest BCUT2D eigenvalue weighted by Crippen LogP contribution is 2.36. The van der Waals surface area contributed by atoms with Crippen LogP contribution in [0.5, 0.6) is 5.88 Å². The largest absolute Gasteiger partial charge is 0.477 e. The number of aliphatic hydroxyl groups is 1. The van der Waals surface area contributed by atoms with Gasteiger partial charge in [0.25, 0.3) is 5.91 Å². The average Bonchev–Trinajstić information content (AvgIpc) is 2.99. The normalized spacial score (nSPS) is 18.7. The van der Waals surface area contributed by atoms with Crippen molar-refractivity contribution >= 4 is 23.2 Å². The molecule has 9 nitrogen and oxygen atoms in total. The minimum absolute atomic E-state index is 0.0873. The highest BCUT2D eigenvalue weighted by molar-refractivity contribution is 6.30. The van der Waals surface area contributed by atoms with Crippen LogP contribution in [-0.2, 0) is 6.18 Å². The van der Waals surface area contributed by atoms with Gasteiger partial charge >= 0.3 is 6.18 Å². The monoisotopic (exact) mass is 632 g/mol. The van der Waals surface area contributed by atoms with Crippen LogP contribution in [0.4, 0.5) is 18.9 Å². The lowest BCUT2D eigenvalue weighted by Gasteiger charge is -2.44. The summed E-state index contributed by atoms with van der Waals surface area (Å²) in [5, 5.41) is 14.6. The number of anilines is 1. The molecule has 0 bridgehead atoms. The molecular weight excluding hydrogens is 597 g/mol. The van der Waals surface area contributed by atoms with Gasteiger partial charge in [-0.3, -0.25) is 10.1 Å². The number of nitrogens with zero attached hydrogens (tertiary/aromatic N) is 5. The third kappa shape index (κ3) is 6.78. The number of benzene rings is 1. The summed E-state index contributed by atoms with van der Waals surface area (Å²) in [5.41, 5.74) is 0.886. The number of piperazine rings is 1.